The van der Waals surface area contributed by atoms with Gasteiger partial charge in [0.25, 0.3) is 11.8 Å². The molecule has 0 saturated carbocycles. The van der Waals surface area contributed by atoms with Crippen LogP contribution in [0.4, 0.5) is 26.3 Å². The van der Waals surface area contributed by atoms with Crippen molar-refractivity contribution in [2.24, 2.45) is 0 Å². The van der Waals surface area contributed by atoms with E-state index in [0.29, 0.717) is 31.6 Å². The van der Waals surface area contributed by atoms with Crippen LogP contribution in [0.5, 0.6) is 0 Å². The summed E-state index contributed by atoms with van der Waals surface area (Å²) in [5.41, 5.74) is -3.01. The van der Waals surface area contributed by atoms with Crippen molar-refractivity contribution in [1.82, 2.24) is 19.8 Å². The average molecular weight is 532 g/mol. The summed E-state index contributed by atoms with van der Waals surface area (Å²) in [6.07, 6.45) is -8.00. The lowest BCUT2D eigenvalue weighted by Gasteiger charge is -2.24. The van der Waals surface area contributed by atoms with Crippen molar-refractivity contribution in [3.63, 3.8) is 0 Å². The molecule has 0 aromatic carbocycles. The summed E-state index contributed by atoms with van der Waals surface area (Å²) >= 11 is 0. The van der Waals surface area contributed by atoms with Gasteiger partial charge in [0.15, 0.2) is 0 Å². The molecule has 2 aromatic heterocycles. The van der Waals surface area contributed by atoms with Crippen LogP contribution in [-0.4, -0.2) is 45.5 Å². The Morgan fingerprint density at radius 3 is 2.49 bits per heavy atom. The van der Waals surface area contributed by atoms with Crippen LogP contribution in [-0.2, 0) is 30.2 Å². The zero-order valence-electron chi connectivity index (χ0n) is 20.2. The minimum atomic E-state index is -5.11. The Balaban J connectivity index is 1.67. The van der Waals surface area contributed by atoms with E-state index in [-0.39, 0.29) is 42.3 Å². The predicted octanol–water partition coefficient (Wildman–Crippen LogP) is 4.96. The Morgan fingerprint density at radius 2 is 1.89 bits per heavy atom. The quantitative estimate of drug-likeness (QED) is 0.553. The smallest absolute Gasteiger partial charge is 0.373 e. The third-order valence-electron chi connectivity index (χ3n) is 6.80. The molecule has 1 fully saturated rings. The molecule has 0 spiro atoms. The third kappa shape index (κ3) is 5.32. The summed E-state index contributed by atoms with van der Waals surface area (Å²) in [7, 11) is 0. The predicted molar refractivity (Wildman–Crippen MR) is 119 cm³/mol. The minimum absolute atomic E-state index is 0.0258. The van der Waals surface area contributed by atoms with E-state index in [9.17, 15) is 35.9 Å². The number of hydrogen-bond acceptors (Lipinski definition) is 4. The topological polar surface area (TPSA) is 76.5 Å². The number of hydrogen-bond donors (Lipinski definition) is 1. The number of amides is 2. The number of ether oxygens (including phenoxy) is 1. The lowest BCUT2D eigenvalue weighted by atomic mass is 9.98. The summed E-state index contributed by atoms with van der Waals surface area (Å²) in [6.45, 7) is 4.68. The van der Waals surface area contributed by atoms with Crippen LogP contribution >= 0.6 is 0 Å². The van der Waals surface area contributed by atoms with Crippen LogP contribution in [0.1, 0.15) is 82.5 Å². The highest BCUT2D eigenvalue weighted by atomic mass is 19.4. The second-order valence-corrected chi connectivity index (χ2v) is 9.17. The standard InChI is InChI=1S/C24H26F6N4O3/c1-3-17(15-11-31-20(24(28,29)30)10-16(15)23(25,26)27)32-21(35)14-9-18(34-7-8-37-12-19(14)34)22(36)33-6-4-5-13(33)2/h9-11,13,17H,3-8,12H2,1-2H3,(H,32,35)/t13-,17-/m0/s1. The monoisotopic (exact) mass is 532 g/mol. The van der Waals surface area contributed by atoms with Crippen molar-refractivity contribution in [3.8, 4) is 0 Å². The Hall–Kier alpha value is -3.09. The normalized spacial score (nSPS) is 19.0. The number of carbonyl (C=O) groups is 2. The Labute approximate surface area is 208 Å². The van der Waals surface area contributed by atoms with Gasteiger partial charge in [-0.15, -0.1) is 0 Å². The molecule has 0 unspecified atom stereocenters. The van der Waals surface area contributed by atoms with Gasteiger partial charge in [-0.05, 0) is 38.3 Å². The summed E-state index contributed by atoms with van der Waals surface area (Å²) in [5, 5.41) is 2.50. The number of carbonyl (C=O) groups excluding carboxylic acids is 2. The number of nitrogens with one attached hydrogen (secondary N) is 1. The third-order valence-corrected chi connectivity index (χ3v) is 6.80. The van der Waals surface area contributed by atoms with Gasteiger partial charge in [-0.2, -0.15) is 26.3 Å². The maximum absolute atomic E-state index is 13.7. The van der Waals surface area contributed by atoms with Crippen molar-refractivity contribution in [2.45, 2.75) is 70.7 Å². The fraction of sp³-hybridized carbons (Fsp3) is 0.542. The number of aromatic nitrogens is 2. The molecule has 2 atom stereocenters. The van der Waals surface area contributed by atoms with Crippen molar-refractivity contribution >= 4 is 11.8 Å². The van der Waals surface area contributed by atoms with E-state index in [1.165, 1.54) is 13.0 Å². The maximum Gasteiger partial charge on any atom is 0.433 e. The number of alkyl halides is 6. The lowest BCUT2D eigenvalue weighted by Crippen LogP contribution is -2.35. The van der Waals surface area contributed by atoms with Crippen LogP contribution < -0.4 is 5.32 Å². The van der Waals surface area contributed by atoms with E-state index in [1.54, 1.807) is 9.47 Å². The first kappa shape index (κ1) is 27.0. The number of halogens is 6. The highest BCUT2D eigenvalue weighted by molar-refractivity contribution is 6.01. The van der Waals surface area contributed by atoms with Crippen molar-refractivity contribution in [1.29, 1.82) is 0 Å². The molecule has 7 nitrogen and oxygen atoms in total. The average Bonchev–Trinajstić information content (AvgIpc) is 3.44. The minimum Gasteiger partial charge on any atom is -0.373 e. The fourth-order valence-corrected chi connectivity index (χ4v) is 4.86. The number of pyridine rings is 1. The summed E-state index contributed by atoms with van der Waals surface area (Å²) in [6, 6.07) is 0.117. The molecule has 202 valence electrons. The van der Waals surface area contributed by atoms with Crippen LogP contribution in [0.15, 0.2) is 18.3 Å². The van der Waals surface area contributed by atoms with Crippen LogP contribution in [0.2, 0.25) is 0 Å². The van der Waals surface area contributed by atoms with Crippen molar-refractivity contribution in [2.75, 3.05) is 13.2 Å². The molecule has 2 aliphatic rings. The highest BCUT2D eigenvalue weighted by Crippen LogP contribution is 2.39. The first-order chi connectivity index (χ1) is 17.3. The molecule has 13 heteroatoms. The first-order valence-corrected chi connectivity index (χ1v) is 11.9. The number of likely N-dealkylation sites (tertiary alicyclic amines) is 1. The molecule has 2 aliphatic heterocycles. The van der Waals surface area contributed by atoms with Crippen LogP contribution in [0.25, 0.3) is 0 Å². The zero-order chi connectivity index (χ0) is 27.1. The number of rotatable bonds is 5. The van der Waals surface area contributed by atoms with Gasteiger partial charge in [0, 0.05) is 30.9 Å². The second kappa shape index (κ2) is 9.99. The highest BCUT2D eigenvalue weighted by Gasteiger charge is 2.41. The van der Waals surface area contributed by atoms with E-state index in [1.807, 2.05) is 6.92 Å². The zero-order valence-corrected chi connectivity index (χ0v) is 20.2. The molecule has 0 bridgehead atoms. The maximum atomic E-state index is 13.7. The van der Waals surface area contributed by atoms with Gasteiger partial charge in [-0.3, -0.25) is 14.6 Å². The Morgan fingerprint density at radius 1 is 1.16 bits per heavy atom. The summed E-state index contributed by atoms with van der Waals surface area (Å²) < 4.78 is 87.3. The van der Waals surface area contributed by atoms with Gasteiger partial charge in [0.05, 0.1) is 36.1 Å². The lowest BCUT2D eigenvalue weighted by molar-refractivity contribution is -0.146. The molecule has 2 amide bonds. The van der Waals surface area contributed by atoms with E-state index >= 15 is 0 Å². The molecule has 0 radical (unpaired) electrons. The van der Waals surface area contributed by atoms with Crippen molar-refractivity contribution in [3.05, 3.63) is 52.1 Å². The number of fused-ring (bicyclic) bond motifs is 1. The molecule has 4 rings (SSSR count). The van der Waals surface area contributed by atoms with E-state index in [0.717, 1.165) is 12.8 Å². The van der Waals surface area contributed by atoms with E-state index in [4.69, 9.17) is 4.74 Å². The molecule has 1 saturated heterocycles. The number of nitrogens with zero attached hydrogens (tertiary/aromatic N) is 3. The molecule has 2 aromatic rings. The van der Waals surface area contributed by atoms with Gasteiger partial charge in [0.2, 0.25) is 0 Å². The summed E-state index contributed by atoms with van der Waals surface area (Å²) in [5.74, 6) is -1.01. The van der Waals surface area contributed by atoms with Crippen molar-refractivity contribution < 1.29 is 40.7 Å². The van der Waals surface area contributed by atoms with Gasteiger partial charge in [0.1, 0.15) is 11.4 Å². The Bertz CT molecular complexity index is 1190. The van der Waals surface area contributed by atoms with Gasteiger partial charge < -0.3 is 19.5 Å². The largest absolute Gasteiger partial charge is 0.433 e. The molecule has 0 aliphatic carbocycles. The van der Waals surface area contributed by atoms with Crippen LogP contribution in [0.3, 0.4) is 0 Å². The molecular weight excluding hydrogens is 506 g/mol. The molecule has 1 N–H and O–H groups in total. The van der Waals surface area contributed by atoms with Gasteiger partial charge in [-0.1, -0.05) is 6.92 Å². The molecular formula is C24H26F6N4O3. The molecule has 37 heavy (non-hydrogen) atoms. The first-order valence-electron chi connectivity index (χ1n) is 11.9. The van der Waals surface area contributed by atoms with E-state index < -0.39 is 41.1 Å². The van der Waals surface area contributed by atoms with Gasteiger partial charge in [-0.25, -0.2) is 0 Å². The Kier molecular flexibility index (Phi) is 7.28. The second-order valence-electron chi connectivity index (χ2n) is 9.17. The van der Waals surface area contributed by atoms with Crippen LogP contribution in [0, 0.1) is 0 Å². The van der Waals surface area contributed by atoms with E-state index in [2.05, 4.69) is 10.3 Å². The van der Waals surface area contributed by atoms with Gasteiger partial charge >= 0.3 is 12.4 Å². The summed E-state index contributed by atoms with van der Waals surface area (Å²) in [4.78, 5) is 31.4. The molecule has 4 heterocycles. The SMILES string of the molecule is CC[C@H](NC(=O)c1cc(C(=O)N2CCC[C@@H]2C)n2c1COCC2)c1cnc(C(F)(F)F)cc1C(F)(F)F. The fourth-order valence-electron chi connectivity index (χ4n) is 4.86.